The Bertz CT molecular complexity index is 933. The van der Waals surface area contributed by atoms with Gasteiger partial charge in [-0.1, -0.05) is 36.4 Å². The summed E-state index contributed by atoms with van der Waals surface area (Å²) in [6.45, 7) is 12.5. The van der Waals surface area contributed by atoms with Crippen LogP contribution < -0.4 is 33.1 Å². The van der Waals surface area contributed by atoms with Crippen molar-refractivity contribution in [3.63, 3.8) is 0 Å². The summed E-state index contributed by atoms with van der Waals surface area (Å²) in [5.74, 6) is 0. The first kappa shape index (κ1) is 20.2. The quantitative estimate of drug-likeness (QED) is 0.466. The van der Waals surface area contributed by atoms with Crippen LogP contribution in [0.4, 0.5) is 17.1 Å². The zero-order valence-electron chi connectivity index (χ0n) is 17.6. The van der Waals surface area contributed by atoms with E-state index in [-0.39, 0.29) is 0 Å². The molecule has 28 heavy (non-hydrogen) atoms. The second-order valence-electron chi connectivity index (χ2n) is 7.66. The highest BCUT2D eigenvalue weighted by atomic mass is 31.1. The summed E-state index contributed by atoms with van der Waals surface area (Å²) in [6, 6.07) is 12.9. The molecule has 0 amide bonds. The van der Waals surface area contributed by atoms with Gasteiger partial charge in [-0.25, -0.2) is 0 Å². The van der Waals surface area contributed by atoms with Gasteiger partial charge in [0.2, 0.25) is 0 Å². The van der Waals surface area contributed by atoms with Crippen LogP contribution in [0.2, 0.25) is 0 Å². The average molecular weight is 391 g/mol. The second kappa shape index (κ2) is 7.48. The zero-order valence-corrected chi connectivity index (χ0v) is 18.5. The van der Waals surface area contributed by atoms with Crippen LogP contribution >= 0.6 is 7.92 Å². The summed E-state index contributed by atoms with van der Waals surface area (Å²) >= 11 is 0. The van der Waals surface area contributed by atoms with Crippen molar-refractivity contribution < 1.29 is 0 Å². The molecule has 4 heteroatoms. The maximum atomic E-state index is 6.63. The molecule has 0 heterocycles. The first-order valence-electron chi connectivity index (χ1n) is 9.52. The summed E-state index contributed by atoms with van der Waals surface area (Å²) < 4.78 is 0. The van der Waals surface area contributed by atoms with Crippen molar-refractivity contribution in [3.05, 3.63) is 69.8 Å². The van der Waals surface area contributed by atoms with Crippen molar-refractivity contribution in [2.45, 2.75) is 41.5 Å². The van der Waals surface area contributed by atoms with Crippen molar-refractivity contribution in [2.75, 3.05) is 17.2 Å². The van der Waals surface area contributed by atoms with Gasteiger partial charge in [-0.3, -0.25) is 0 Å². The average Bonchev–Trinajstić information content (AvgIpc) is 2.67. The van der Waals surface area contributed by atoms with Crippen LogP contribution in [0.5, 0.6) is 0 Å². The number of nitrogen functional groups attached to an aromatic ring is 3. The number of hydrogen-bond donors (Lipinski definition) is 3. The molecule has 0 saturated carbocycles. The molecule has 6 N–H and O–H groups in total. The molecule has 0 radical (unpaired) electrons. The third-order valence-electron chi connectivity index (χ3n) is 6.01. The predicted molar refractivity (Wildman–Crippen MR) is 127 cm³/mol. The van der Waals surface area contributed by atoms with Crippen LogP contribution in [-0.4, -0.2) is 0 Å². The van der Waals surface area contributed by atoms with Crippen molar-refractivity contribution in [1.29, 1.82) is 0 Å². The Kier molecular flexibility index (Phi) is 5.41. The van der Waals surface area contributed by atoms with E-state index in [2.05, 4.69) is 77.9 Å². The van der Waals surface area contributed by atoms with Gasteiger partial charge in [-0.2, -0.15) is 0 Å². The highest BCUT2D eigenvalue weighted by Gasteiger charge is 2.25. The van der Waals surface area contributed by atoms with Crippen molar-refractivity contribution >= 4 is 40.9 Å². The Balaban J connectivity index is 2.38. The lowest BCUT2D eigenvalue weighted by Crippen LogP contribution is -2.28. The minimum absolute atomic E-state index is 0.835. The van der Waals surface area contributed by atoms with Crippen LogP contribution in [0.1, 0.15) is 33.4 Å². The van der Waals surface area contributed by atoms with E-state index >= 15 is 0 Å². The molecule has 0 fully saturated rings. The molecule has 0 aliphatic carbocycles. The Morgan fingerprint density at radius 2 is 0.714 bits per heavy atom. The van der Waals surface area contributed by atoms with Gasteiger partial charge in [0, 0.05) is 33.0 Å². The first-order valence-corrected chi connectivity index (χ1v) is 10.9. The van der Waals surface area contributed by atoms with Gasteiger partial charge in [0.1, 0.15) is 0 Å². The fourth-order valence-electron chi connectivity index (χ4n) is 3.44. The van der Waals surface area contributed by atoms with Gasteiger partial charge in [0.25, 0.3) is 0 Å². The fraction of sp³-hybridized carbons (Fsp3) is 0.250. The molecule has 0 aliphatic heterocycles. The van der Waals surface area contributed by atoms with Crippen LogP contribution in [0.15, 0.2) is 36.4 Å². The predicted octanol–water partition coefficient (Wildman–Crippen LogP) is 4.04. The third kappa shape index (κ3) is 3.25. The Hall–Kier alpha value is -2.51. The zero-order chi connectivity index (χ0) is 20.7. The van der Waals surface area contributed by atoms with Gasteiger partial charge < -0.3 is 17.2 Å². The molecule has 3 aromatic carbocycles. The van der Waals surface area contributed by atoms with Gasteiger partial charge in [0.05, 0.1) is 0 Å². The largest absolute Gasteiger partial charge is 0.398 e. The Labute approximate surface area is 169 Å². The summed E-state index contributed by atoms with van der Waals surface area (Å²) in [7, 11) is -0.969. The van der Waals surface area contributed by atoms with Crippen LogP contribution in [0, 0.1) is 41.5 Å². The molecule has 0 atom stereocenters. The molecule has 3 rings (SSSR count). The van der Waals surface area contributed by atoms with Crippen LogP contribution in [0.3, 0.4) is 0 Å². The van der Waals surface area contributed by atoms with Gasteiger partial charge in [0.15, 0.2) is 0 Å². The molecule has 0 bridgehead atoms. The fourth-order valence-corrected chi connectivity index (χ4v) is 6.12. The number of anilines is 3. The molecule has 0 aliphatic rings. The number of benzene rings is 3. The highest BCUT2D eigenvalue weighted by Crippen LogP contribution is 2.41. The Morgan fingerprint density at radius 3 is 0.964 bits per heavy atom. The highest BCUT2D eigenvalue weighted by molar-refractivity contribution is 7.80. The molecule has 3 nitrogen and oxygen atoms in total. The van der Waals surface area contributed by atoms with E-state index < -0.39 is 7.92 Å². The van der Waals surface area contributed by atoms with Crippen molar-refractivity contribution in [2.24, 2.45) is 0 Å². The SMILES string of the molecule is Cc1ccc(P(c2ccc(C)c(C)c2N)c2ccc(C)c(C)c2N)c(N)c1C. The smallest absolute Gasteiger partial charge is 0.0431 e. The monoisotopic (exact) mass is 391 g/mol. The van der Waals surface area contributed by atoms with Crippen molar-refractivity contribution in [3.8, 4) is 0 Å². The topological polar surface area (TPSA) is 78.1 Å². The first-order chi connectivity index (χ1) is 13.1. The number of aryl methyl sites for hydroxylation is 3. The van der Waals surface area contributed by atoms with E-state index in [0.29, 0.717) is 0 Å². The molecule has 0 spiro atoms. The van der Waals surface area contributed by atoms with Crippen LogP contribution in [0.25, 0.3) is 0 Å². The van der Waals surface area contributed by atoms with Gasteiger partial charge in [-0.05, 0) is 82.8 Å². The molecule has 0 saturated heterocycles. The maximum absolute atomic E-state index is 6.63. The third-order valence-corrected chi connectivity index (χ3v) is 8.63. The summed E-state index contributed by atoms with van der Waals surface area (Å²) in [6.07, 6.45) is 0. The lowest BCUT2D eigenvalue weighted by molar-refractivity contribution is 1.35. The van der Waals surface area contributed by atoms with E-state index in [4.69, 9.17) is 17.2 Å². The molecule has 3 aromatic rings. The number of hydrogen-bond acceptors (Lipinski definition) is 3. The van der Waals surface area contributed by atoms with E-state index in [0.717, 1.165) is 49.7 Å². The van der Waals surface area contributed by atoms with E-state index in [9.17, 15) is 0 Å². The lowest BCUT2D eigenvalue weighted by Gasteiger charge is -2.27. The molecular weight excluding hydrogens is 361 g/mol. The lowest BCUT2D eigenvalue weighted by atomic mass is 10.1. The van der Waals surface area contributed by atoms with Crippen molar-refractivity contribution in [1.82, 2.24) is 0 Å². The van der Waals surface area contributed by atoms with E-state index in [1.54, 1.807) is 0 Å². The summed E-state index contributed by atoms with van der Waals surface area (Å²) in [5, 5.41) is 3.34. The number of nitrogens with two attached hydrogens (primary N) is 3. The minimum atomic E-state index is -0.969. The second-order valence-corrected chi connectivity index (χ2v) is 9.77. The van der Waals surface area contributed by atoms with Gasteiger partial charge in [-0.15, -0.1) is 0 Å². The molecule has 0 unspecified atom stereocenters. The summed E-state index contributed by atoms with van der Waals surface area (Å²) in [4.78, 5) is 0. The van der Waals surface area contributed by atoms with Gasteiger partial charge >= 0.3 is 0 Å². The molecular formula is C24H30N3P. The Morgan fingerprint density at radius 1 is 0.464 bits per heavy atom. The normalized spacial score (nSPS) is 11.2. The molecule has 0 aromatic heterocycles. The van der Waals surface area contributed by atoms with Crippen LogP contribution in [-0.2, 0) is 0 Å². The minimum Gasteiger partial charge on any atom is -0.398 e. The van der Waals surface area contributed by atoms with E-state index in [1.807, 2.05) is 0 Å². The summed E-state index contributed by atoms with van der Waals surface area (Å²) in [5.41, 5.74) is 29.3. The molecule has 146 valence electrons. The standard InChI is InChI=1S/C24H30N3P/c1-13-7-10-19(22(25)16(13)4)28(20-11-8-14(2)17(5)23(20)26)21-12-9-15(3)18(6)24(21)27/h7-12H,25-27H2,1-6H3. The number of rotatable bonds is 3. The maximum Gasteiger partial charge on any atom is 0.0431 e. The van der Waals surface area contributed by atoms with E-state index in [1.165, 1.54) is 16.7 Å².